The summed E-state index contributed by atoms with van der Waals surface area (Å²) in [5.41, 5.74) is 3.93. The van der Waals surface area contributed by atoms with Crippen LogP contribution in [0.3, 0.4) is 0 Å². The number of benzene rings is 1. The predicted molar refractivity (Wildman–Crippen MR) is 92.3 cm³/mol. The van der Waals surface area contributed by atoms with Crippen LogP contribution in [0.15, 0.2) is 35.9 Å². The van der Waals surface area contributed by atoms with Crippen LogP contribution in [0.2, 0.25) is 0 Å². The van der Waals surface area contributed by atoms with Crippen molar-refractivity contribution < 1.29 is 0 Å². The molecule has 1 unspecified atom stereocenters. The SMILES string of the molecule is CCCCCc1ccc(C#CC2=CCC(CC)CC2)cc1. The first-order chi connectivity index (χ1) is 10.3. The lowest BCUT2D eigenvalue weighted by Crippen LogP contribution is -2.03. The molecule has 0 nitrogen and oxygen atoms in total. The molecule has 1 aromatic rings. The summed E-state index contributed by atoms with van der Waals surface area (Å²) in [7, 11) is 0. The summed E-state index contributed by atoms with van der Waals surface area (Å²) in [5, 5.41) is 0. The molecule has 112 valence electrons. The Hall–Kier alpha value is -1.48. The van der Waals surface area contributed by atoms with Crippen LogP contribution in [0.5, 0.6) is 0 Å². The van der Waals surface area contributed by atoms with E-state index in [4.69, 9.17) is 0 Å². The third kappa shape index (κ3) is 5.43. The molecule has 0 saturated carbocycles. The van der Waals surface area contributed by atoms with Crippen LogP contribution >= 0.6 is 0 Å². The molecule has 0 spiro atoms. The van der Waals surface area contributed by atoms with Crippen LogP contribution in [-0.2, 0) is 6.42 Å². The third-order valence-corrected chi connectivity index (χ3v) is 4.49. The Morgan fingerprint density at radius 1 is 1.05 bits per heavy atom. The normalized spacial score (nSPS) is 17.8. The number of allylic oxidation sites excluding steroid dienone is 2. The first-order valence-corrected chi connectivity index (χ1v) is 8.61. The molecule has 2 rings (SSSR count). The maximum absolute atomic E-state index is 3.37. The van der Waals surface area contributed by atoms with Crippen LogP contribution in [-0.4, -0.2) is 0 Å². The molecule has 0 aromatic heterocycles. The van der Waals surface area contributed by atoms with Crippen LogP contribution in [0.4, 0.5) is 0 Å². The molecule has 0 bridgehead atoms. The highest BCUT2D eigenvalue weighted by atomic mass is 14.2. The summed E-state index contributed by atoms with van der Waals surface area (Å²) in [5.74, 6) is 7.58. The smallest absolute Gasteiger partial charge is 0.0249 e. The molecule has 0 saturated heterocycles. The highest BCUT2D eigenvalue weighted by molar-refractivity contribution is 5.42. The summed E-state index contributed by atoms with van der Waals surface area (Å²) in [4.78, 5) is 0. The van der Waals surface area contributed by atoms with E-state index in [0.717, 1.165) is 11.5 Å². The Morgan fingerprint density at radius 3 is 2.48 bits per heavy atom. The highest BCUT2D eigenvalue weighted by Crippen LogP contribution is 2.25. The topological polar surface area (TPSA) is 0 Å². The molecule has 1 aromatic carbocycles. The molecule has 0 radical (unpaired) electrons. The minimum atomic E-state index is 0.887. The summed E-state index contributed by atoms with van der Waals surface area (Å²) in [6.07, 6.45) is 12.5. The zero-order chi connectivity index (χ0) is 14.9. The fourth-order valence-electron chi connectivity index (χ4n) is 2.86. The minimum absolute atomic E-state index is 0.887. The van der Waals surface area contributed by atoms with Gasteiger partial charge in [0.25, 0.3) is 0 Å². The Morgan fingerprint density at radius 2 is 1.86 bits per heavy atom. The van der Waals surface area contributed by atoms with Crippen molar-refractivity contribution in [2.24, 2.45) is 5.92 Å². The monoisotopic (exact) mass is 280 g/mol. The number of aryl methyl sites for hydroxylation is 1. The predicted octanol–water partition coefficient (Wildman–Crippen LogP) is 5.91. The van der Waals surface area contributed by atoms with Crippen LogP contribution in [0.1, 0.15) is 69.9 Å². The lowest BCUT2D eigenvalue weighted by atomic mass is 9.88. The van der Waals surface area contributed by atoms with Crippen molar-refractivity contribution in [2.75, 3.05) is 0 Å². The first-order valence-electron chi connectivity index (χ1n) is 8.61. The van der Waals surface area contributed by atoms with Gasteiger partial charge < -0.3 is 0 Å². The van der Waals surface area contributed by atoms with E-state index in [9.17, 15) is 0 Å². The Balaban J connectivity index is 1.89. The summed E-state index contributed by atoms with van der Waals surface area (Å²) < 4.78 is 0. The van der Waals surface area contributed by atoms with Gasteiger partial charge in [-0.1, -0.05) is 63.2 Å². The highest BCUT2D eigenvalue weighted by Gasteiger charge is 2.10. The zero-order valence-corrected chi connectivity index (χ0v) is 13.6. The van der Waals surface area contributed by atoms with E-state index in [0.29, 0.717) is 0 Å². The molecule has 0 aliphatic heterocycles. The fraction of sp³-hybridized carbons (Fsp3) is 0.524. The van der Waals surface area contributed by atoms with Crippen molar-refractivity contribution >= 4 is 0 Å². The summed E-state index contributed by atoms with van der Waals surface area (Å²) in [6, 6.07) is 8.82. The van der Waals surface area contributed by atoms with Gasteiger partial charge in [-0.05, 0) is 61.3 Å². The van der Waals surface area contributed by atoms with Crippen molar-refractivity contribution in [2.45, 2.75) is 65.2 Å². The van der Waals surface area contributed by atoms with Crippen molar-refractivity contribution in [3.8, 4) is 11.8 Å². The standard InChI is InChI=1S/C21H28/c1-3-5-6-7-19-12-14-21(15-13-19)17-16-20-10-8-18(4-2)9-11-20/h10,12-15,18H,3-9,11H2,1-2H3. The Kier molecular flexibility index (Phi) is 6.61. The Bertz CT molecular complexity index is 507. The largest absolute Gasteiger partial charge is 0.0726 e. The van der Waals surface area contributed by atoms with E-state index in [1.54, 1.807) is 0 Å². The zero-order valence-electron chi connectivity index (χ0n) is 13.6. The number of rotatable bonds is 5. The van der Waals surface area contributed by atoms with Gasteiger partial charge in [-0.2, -0.15) is 0 Å². The number of hydrogen-bond acceptors (Lipinski definition) is 0. The minimum Gasteiger partial charge on any atom is -0.0726 e. The van der Waals surface area contributed by atoms with Gasteiger partial charge >= 0.3 is 0 Å². The summed E-state index contributed by atoms with van der Waals surface area (Å²) >= 11 is 0. The van der Waals surface area contributed by atoms with Gasteiger partial charge in [0.05, 0.1) is 0 Å². The lowest BCUT2D eigenvalue weighted by Gasteiger charge is -2.17. The molecule has 1 atom stereocenters. The van der Waals surface area contributed by atoms with Crippen LogP contribution in [0, 0.1) is 17.8 Å². The van der Waals surface area contributed by atoms with Gasteiger partial charge in [0.2, 0.25) is 0 Å². The molecule has 0 fully saturated rings. The van der Waals surface area contributed by atoms with Crippen molar-refractivity contribution in [1.82, 2.24) is 0 Å². The number of hydrogen-bond donors (Lipinski definition) is 0. The third-order valence-electron chi connectivity index (χ3n) is 4.49. The van der Waals surface area contributed by atoms with Gasteiger partial charge in [0.15, 0.2) is 0 Å². The fourth-order valence-corrected chi connectivity index (χ4v) is 2.86. The summed E-state index contributed by atoms with van der Waals surface area (Å²) in [6.45, 7) is 4.54. The van der Waals surface area contributed by atoms with Gasteiger partial charge in [-0.15, -0.1) is 0 Å². The maximum atomic E-state index is 3.37. The van der Waals surface area contributed by atoms with Gasteiger partial charge in [-0.25, -0.2) is 0 Å². The van der Waals surface area contributed by atoms with E-state index in [2.05, 4.69) is 56.0 Å². The Labute approximate surface area is 130 Å². The molecule has 1 aliphatic rings. The van der Waals surface area contributed by atoms with Gasteiger partial charge in [0, 0.05) is 5.56 Å². The molecule has 21 heavy (non-hydrogen) atoms. The molecular formula is C21H28. The van der Waals surface area contributed by atoms with E-state index in [1.807, 2.05) is 0 Å². The number of unbranched alkanes of at least 4 members (excludes halogenated alkanes) is 2. The molecule has 1 aliphatic carbocycles. The van der Waals surface area contributed by atoms with Crippen molar-refractivity contribution in [1.29, 1.82) is 0 Å². The van der Waals surface area contributed by atoms with Crippen molar-refractivity contribution in [3.05, 3.63) is 47.0 Å². The average molecular weight is 280 g/mol. The second kappa shape index (κ2) is 8.73. The first kappa shape index (κ1) is 15.9. The second-order valence-electron chi connectivity index (χ2n) is 6.18. The molecule has 0 N–H and O–H groups in total. The van der Waals surface area contributed by atoms with E-state index in [1.165, 1.54) is 62.5 Å². The maximum Gasteiger partial charge on any atom is 0.0249 e. The quantitative estimate of drug-likeness (QED) is 0.465. The van der Waals surface area contributed by atoms with E-state index in [-0.39, 0.29) is 0 Å². The van der Waals surface area contributed by atoms with Crippen LogP contribution < -0.4 is 0 Å². The van der Waals surface area contributed by atoms with Gasteiger partial charge in [0.1, 0.15) is 0 Å². The second-order valence-corrected chi connectivity index (χ2v) is 6.18. The molecule has 0 heteroatoms. The molecule has 0 heterocycles. The van der Waals surface area contributed by atoms with E-state index >= 15 is 0 Å². The average Bonchev–Trinajstić information content (AvgIpc) is 2.55. The van der Waals surface area contributed by atoms with Crippen molar-refractivity contribution in [3.63, 3.8) is 0 Å². The van der Waals surface area contributed by atoms with Gasteiger partial charge in [-0.3, -0.25) is 0 Å². The van der Waals surface area contributed by atoms with Crippen LogP contribution in [0.25, 0.3) is 0 Å². The van der Waals surface area contributed by atoms with E-state index < -0.39 is 0 Å². The molecule has 0 amide bonds. The lowest BCUT2D eigenvalue weighted by molar-refractivity contribution is 0.460. The molecular weight excluding hydrogens is 252 g/mol.